The zero-order valence-electron chi connectivity index (χ0n) is 17.9. The summed E-state index contributed by atoms with van der Waals surface area (Å²) in [6.07, 6.45) is -0.0490. The molecule has 0 unspecified atom stereocenters. The van der Waals surface area contributed by atoms with Crippen LogP contribution in [0, 0.1) is 17.6 Å². The van der Waals surface area contributed by atoms with E-state index < -0.39 is 34.0 Å². The Bertz CT molecular complexity index is 1150. The van der Waals surface area contributed by atoms with Crippen LogP contribution in [0.1, 0.15) is 42.7 Å². The molecule has 0 spiro atoms. The summed E-state index contributed by atoms with van der Waals surface area (Å²) in [4.78, 5) is 14.7. The lowest BCUT2D eigenvalue weighted by Gasteiger charge is -2.33. The van der Waals surface area contributed by atoms with Crippen molar-refractivity contribution in [2.75, 3.05) is 19.3 Å². The van der Waals surface area contributed by atoms with Gasteiger partial charge in [-0.25, -0.2) is 30.7 Å². The first-order valence-corrected chi connectivity index (χ1v) is 12.6. The van der Waals surface area contributed by atoms with Crippen molar-refractivity contribution in [3.05, 3.63) is 59.2 Å². The molecule has 1 aliphatic heterocycles. The second-order valence-corrected chi connectivity index (χ2v) is 10.5. The van der Waals surface area contributed by atoms with E-state index in [0.717, 1.165) is 24.5 Å². The van der Waals surface area contributed by atoms with Crippen LogP contribution in [0.4, 0.5) is 17.6 Å². The van der Waals surface area contributed by atoms with Crippen molar-refractivity contribution < 1.29 is 30.8 Å². The summed E-state index contributed by atoms with van der Waals surface area (Å²) in [5.41, 5.74) is -0.266. The standard InChI is InChI=1S/C23H24F4N2O3S/c1-33(31,32)28-14-4-3-9-29(12-14)23(30)18-11-16(18)15-8-7-13(22(26)27)10-17(15)21-19(24)5-2-6-20(21)25/h2,5-8,10,14,16,18,22,28H,3-4,9,11-12H2,1H3/t14-,16-,18+/m0/s1. The highest BCUT2D eigenvalue weighted by atomic mass is 32.2. The number of nitrogens with one attached hydrogen (secondary N) is 1. The molecule has 2 aromatic carbocycles. The van der Waals surface area contributed by atoms with E-state index in [0.29, 0.717) is 31.4 Å². The van der Waals surface area contributed by atoms with Gasteiger partial charge >= 0.3 is 0 Å². The summed E-state index contributed by atoms with van der Waals surface area (Å²) in [6, 6.07) is 6.69. The van der Waals surface area contributed by atoms with Gasteiger partial charge in [-0.1, -0.05) is 18.2 Å². The molecule has 2 fully saturated rings. The molecule has 0 bridgehead atoms. The minimum absolute atomic E-state index is 0.0268. The zero-order chi connectivity index (χ0) is 23.9. The first kappa shape index (κ1) is 23.7. The van der Waals surface area contributed by atoms with Crippen molar-refractivity contribution in [1.82, 2.24) is 9.62 Å². The number of halogens is 4. The van der Waals surface area contributed by atoms with Crippen molar-refractivity contribution in [3.8, 4) is 11.1 Å². The number of likely N-dealkylation sites (tertiary alicyclic amines) is 1. The van der Waals surface area contributed by atoms with Crippen LogP contribution in [0.3, 0.4) is 0 Å². The van der Waals surface area contributed by atoms with E-state index >= 15 is 0 Å². The smallest absolute Gasteiger partial charge is 0.263 e. The number of benzene rings is 2. The van der Waals surface area contributed by atoms with Gasteiger partial charge in [-0.3, -0.25) is 4.79 Å². The van der Waals surface area contributed by atoms with Crippen LogP contribution < -0.4 is 4.72 Å². The van der Waals surface area contributed by atoms with E-state index in [1.807, 2.05) is 0 Å². The van der Waals surface area contributed by atoms with Crippen molar-refractivity contribution in [2.24, 2.45) is 5.92 Å². The molecule has 0 radical (unpaired) electrons. The lowest BCUT2D eigenvalue weighted by molar-refractivity contribution is -0.133. The lowest BCUT2D eigenvalue weighted by Crippen LogP contribution is -2.49. The molecular weight excluding hydrogens is 460 g/mol. The van der Waals surface area contributed by atoms with Gasteiger partial charge in [-0.05, 0) is 54.5 Å². The number of sulfonamides is 1. The van der Waals surface area contributed by atoms with Crippen LogP contribution in [0.15, 0.2) is 36.4 Å². The molecule has 1 aliphatic carbocycles. The summed E-state index contributed by atoms with van der Waals surface area (Å²) < 4.78 is 81.2. The number of piperidine rings is 1. The highest BCUT2D eigenvalue weighted by molar-refractivity contribution is 7.88. The molecule has 0 aromatic heterocycles. The fraction of sp³-hybridized carbons (Fsp3) is 0.435. The van der Waals surface area contributed by atoms with Gasteiger partial charge in [-0.15, -0.1) is 0 Å². The average Bonchev–Trinajstić information content (AvgIpc) is 3.52. The number of hydrogen-bond acceptors (Lipinski definition) is 3. The summed E-state index contributed by atoms with van der Waals surface area (Å²) in [5.74, 6) is -2.71. The predicted molar refractivity (Wildman–Crippen MR) is 115 cm³/mol. The monoisotopic (exact) mass is 484 g/mol. The SMILES string of the molecule is CS(=O)(=O)N[C@H]1CCCN(C(=O)[C@@H]2C[C@H]2c2ccc(C(F)F)cc2-c2c(F)cccc2F)C1. The number of carbonyl (C=O) groups is 1. The van der Waals surface area contributed by atoms with Gasteiger partial charge in [-0.2, -0.15) is 0 Å². The van der Waals surface area contributed by atoms with Gasteiger partial charge in [0.15, 0.2) is 0 Å². The minimum Gasteiger partial charge on any atom is -0.341 e. The summed E-state index contributed by atoms with van der Waals surface area (Å²) in [5, 5.41) is 0. The molecule has 1 saturated heterocycles. The van der Waals surface area contributed by atoms with Gasteiger partial charge in [0.1, 0.15) is 11.6 Å². The Balaban J connectivity index is 1.59. The molecule has 2 aromatic rings. The molecule has 2 aliphatic rings. The number of carbonyl (C=O) groups excluding carboxylic acids is 1. The maximum atomic E-state index is 14.5. The van der Waals surface area contributed by atoms with E-state index in [9.17, 15) is 30.8 Å². The predicted octanol–water partition coefficient (Wildman–Crippen LogP) is 4.21. The Morgan fingerprint density at radius 2 is 1.85 bits per heavy atom. The first-order chi connectivity index (χ1) is 15.5. The van der Waals surface area contributed by atoms with Crippen molar-refractivity contribution in [3.63, 3.8) is 0 Å². The Labute approximate surface area is 189 Å². The van der Waals surface area contributed by atoms with Gasteiger partial charge in [0, 0.05) is 30.6 Å². The molecule has 5 nitrogen and oxygen atoms in total. The molecule has 10 heteroatoms. The Kier molecular flexibility index (Phi) is 6.50. The molecule has 1 N–H and O–H groups in total. The second kappa shape index (κ2) is 9.06. The summed E-state index contributed by atoms with van der Waals surface area (Å²) in [7, 11) is -3.41. The van der Waals surface area contributed by atoms with Crippen LogP contribution in [0.2, 0.25) is 0 Å². The topological polar surface area (TPSA) is 66.5 Å². The molecule has 1 heterocycles. The van der Waals surface area contributed by atoms with Gasteiger partial charge in [0.25, 0.3) is 6.43 Å². The van der Waals surface area contributed by atoms with Gasteiger partial charge < -0.3 is 4.90 Å². The minimum atomic E-state index is -3.41. The van der Waals surface area contributed by atoms with Crippen molar-refractivity contribution in [1.29, 1.82) is 0 Å². The Morgan fingerprint density at radius 1 is 1.15 bits per heavy atom. The normalized spacial score (nSPS) is 23.1. The van der Waals surface area contributed by atoms with Crippen LogP contribution in [0.25, 0.3) is 11.1 Å². The van der Waals surface area contributed by atoms with E-state index in [-0.39, 0.29) is 41.1 Å². The first-order valence-electron chi connectivity index (χ1n) is 10.7. The number of nitrogens with zero attached hydrogens (tertiary/aromatic N) is 1. The van der Waals surface area contributed by atoms with E-state index in [1.165, 1.54) is 18.2 Å². The zero-order valence-corrected chi connectivity index (χ0v) is 18.7. The molecule has 178 valence electrons. The van der Waals surface area contributed by atoms with E-state index in [1.54, 1.807) is 4.90 Å². The van der Waals surface area contributed by atoms with Crippen molar-refractivity contribution >= 4 is 15.9 Å². The fourth-order valence-corrected chi connectivity index (χ4v) is 5.42. The fourth-order valence-electron chi connectivity index (χ4n) is 4.63. The molecule has 1 amide bonds. The van der Waals surface area contributed by atoms with Crippen LogP contribution in [-0.2, 0) is 14.8 Å². The van der Waals surface area contributed by atoms with Crippen LogP contribution in [0.5, 0.6) is 0 Å². The highest BCUT2D eigenvalue weighted by Crippen LogP contribution is 2.52. The summed E-state index contributed by atoms with van der Waals surface area (Å²) >= 11 is 0. The molecular formula is C23H24F4N2O3S. The quantitative estimate of drug-likeness (QED) is 0.625. The Hall–Kier alpha value is -2.46. The van der Waals surface area contributed by atoms with Gasteiger partial charge in [0.2, 0.25) is 15.9 Å². The molecule has 3 atom stereocenters. The van der Waals surface area contributed by atoms with Gasteiger partial charge in [0.05, 0.1) is 11.8 Å². The number of alkyl halides is 2. The maximum Gasteiger partial charge on any atom is 0.263 e. The molecule has 33 heavy (non-hydrogen) atoms. The average molecular weight is 485 g/mol. The number of hydrogen-bond donors (Lipinski definition) is 1. The summed E-state index contributed by atoms with van der Waals surface area (Å²) in [6.45, 7) is 0.733. The molecule has 4 rings (SSSR count). The van der Waals surface area contributed by atoms with E-state index in [2.05, 4.69) is 4.72 Å². The third-order valence-corrected chi connectivity index (χ3v) is 6.94. The maximum absolute atomic E-state index is 14.5. The number of amides is 1. The van der Waals surface area contributed by atoms with Crippen molar-refractivity contribution in [2.45, 2.75) is 37.6 Å². The van der Waals surface area contributed by atoms with Crippen LogP contribution >= 0.6 is 0 Å². The van der Waals surface area contributed by atoms with Crippen LogP contribution in [-0.4, -0.2) is 44.6 Å². The second-order valence-electron chi connectivity index (χ2n) is 8.71. The Morgan fingerprint density at radius 3 is 2.48 bits per heavy atom. The van der Waals surface area contributed by atoms with E-state index in [4.69, 9.17) is 0 Å². The lowest BCUT2D eigenvalue weighted by atomic mass is 9.93. The molecule has 1 saturated carbocycles. The third kappa shape index (κ3) is 5.22. The highest BCUT2D eigenvalue weighted by Gasteiger charge is 2.47. The largest absolute Gasteiger partial charge is 0.341 e. The number of rotatable bonds is 6. The third-order valence-electron chi connectivity index (χ3n) is 6.18.